The summed E-state index contributed by atoms with van der Waals surface area (Å²) in [5.74, 6) is -0.279. The van der Waals surface area contributed by atoms with Gasteiger partial charge in [-0.15, -0.1) is 0 Å². The molecule has 138 valence electrons. The van der Waals surface area contributed by atoms with Crippen LogP contribution in [-0.4, -0.2) is 38.6 Å². The van der Waals surface area contributed by atoms with Crippen molar-refractivity contribution in [2.24, 2.45) is 0 Å². The van der Waals surface area contributed by atoms with E-state index in [0.29, 0.717) is 12.1 Å². The number of hydrogen-bond donors (Lipinski definition) is 3. The van der Waals surface area contributed by atoms with Crippen LogP contribution >= 0.6 is 0 Å². The van der Waals surface area contributed by atoms with Crippen LogP contribution in [0.15, 0.2) is 48.5 Å². The third-order valence-corrected chi connectivity index (χ3v) is 5.21. The van der Waals surface area contributed by atoms with Crippen molar-refractivity contribution >= 4 is 5.91 Å². The molecule has 3 N–H and O–H groups in total. The summed E-state index contributed by atoms with van der Waals surface area (Å²) in [4.78, 5) is 15.0. The van der Waals surface area contributed by atoms with Crippen LogP contribution in [0.4, 0.5) is 4.39 Å². The first-order valence-electron chi connectivity index (χ1n) is 9.33. The van der Waals surface area contributed by atoms with Crippen molar-refractivity contribution in [1.82, 2.24) is 5.32 Å². The second kappa shape index (κ2) is 8.92. The van der Waals surface area contributed by atoms with Crippen LogP contribution in [-0.2, 0) is 17.9 Å². The van der Waals surface area contributed by atoms with Crippen molar-refractivity contribution in [2.45, 2.75) is 20.0 Å². The summed E-state index contributed by atoms with van der Waals surface area (Å²) in [6.07, 6.45) is 0. The third-order valence-electron chi connectivity index (χ3n) is 5.21. The van der Waals surface area contributed by atoms with E-state index >= 15 is 0 Å². The molecule has 1 fully saturated rings. The van der Waals surface area contributed by atoms with Gasteiger partial charge in [0.05, 0.1) is 0 Å². The zero-order chi connectivity index (χ0) is 18.4. The predicted molar refractivity (Wildman–Crippen MR) is 99.4 cm³/mol. The lowest BCUT2D eigenvalue weighted by Gasteiger charge is -2.29. The van der Waals surface area contributed by atoms with E-state index in [9.17, 15) is 9.18 Å². The Morgan fingerprint density at radius 1 is 0.962 bits per heavy atom. The van der Waals surface area contributed by atoms with Gasteiger partial charge in [0, 0.05) is 17.7 Å². The SMILES string of the molecule is Cc1ccccc1C[NH+]1CC[NH+](CC(=O)NCc2ccccc2F)CC1. The normalized spacial score (nSPS) is 19.9. The number of hydrogen-bond acceptors (Lipinski definition) is 1. The van der Waals surface area contributed by atoms with Crippen molar-refractivity contribution in [2.75, 3.05) is 32.7 Å². The molecule has 5 heteroatoms. The minimum atomic E-state index is -0.270. The van der Waals surface area contributed by atoms with Gasteiger partial charge in [0.1, 0.15) is 38.5 Å². The summed E-state index contributed by atoms with van der Waals surface area (Å²) in [5, 5.41) is 2.84. The number of aryl methyl sites for hydroxylation is 1. The third kappa shape index (κ3) is 5.13. The Labute approximate surface area is 154 Å². The molecule has 1 saturated heterocycles. The zero-order valence-corrected chi connectivity index (χ0v) is 15.4. The van der Waals surface area contributed by atoms with Crippen LogP contribution in [0.3, 0.4) is 0 Å². The molecule has 1 aliphatic heterocycles. The van der Waals surface area contributed by atoms with Gasteiger partial charge in [0.2, 0.25) is 0 Å². The van der Waals surface area contributed by atoms with Crippen molar-refractivity contribution in [1.29, 1.82) is 0 Å². The van der Waals surface area contributed by atoms with E-state index in [1.807, 2.05) is 0 Å². The first kappa shape index (κ1) is 18.5. The number of benzene rings is 2. The van der Waals surface area contributed by atoms with E-state index in [1.54, 1.807) is 23.1 Å². The molecule has 2 aromatic carbocycles. The average molecular weight is 357 g/mol. The monoisotopic (exact) mass is 357 g/mol. The molecule has 26 heavy (non-hydrogen) atoms. The van der Waals surface area contributed by atoms with Crippen LogP contribution in [0.1, 0.15) is 16.7 Å². The fourth-order valence-corrected chi connectivity index (χ4v) is 3.51. The molecule has 0 saturated carbocycles. The van der Waals surface area contributed by atoms with Gasteiger partial charge in [-0.25, -0.2) is 4.39 Å². The summed E-state index contributed by atoms with van der Waals surface area (Å²) >= 11 is 0. The quantitative estimate of drug-likeness (QED) is 0.655. The second-order valence-electron chi connectivity index (χ2n) is 7.15. The maximum Gasteiger partial charge on any atom is 0.275 e. The fourth-order valence-electron chi connectivity index (χ4n) is 3.51. The number of amides is 1. The molecule has 0 unspecified atom stereocenters. The summed E-state index contributed by atoms with van der Waals surface area (Å²) in [6.45, 7) is 8.07. The highest BCUT2D eigenvalue weighted by molar-refractivity contribution is 5.76. The molecule has 0 atom stereocenters. The highest BCUT2D eigenvalue weighted by atomic mass is 19.1. The molecule has 0 bridgehead atoms. The molecule has 0 radical (unpaired) electrons. The van der Waals surface area contributed by atoms with Crippen molar-refractivity contribution in [3.05, 3.63) is 71.0 Å². The molecular formula is C21H28FN3O+2. The van der Waals surface area contributed by atoms with Crippen LogP contribution in [0.5, 0.6) is 0 Å². The Hall–Kier alpha value is -2.24. The lowest BCUT2D eigenvalue weighted by Crippen LogP contribution is -3.28. The Bertz CT molecular complexity index is 742. The molecule has 1 heterocycles. The van der Waals surface area contributed by atoms with Crippen molar-refractivity contribution in [3.8, 4) is 0 Å². The molecule has 3 rings (SSSR count). The number of quaternary nitrogens is 2. The molecule has 1 aliphatic rings. The second-order valence-corrected chi connectivity index (χ2v) is 7.15. The van der Waals surface area contributed by atoms with Crippen LogP contribution in [0, 0.1) is 12.7 Å². The van der Waals surface area contributed by atoms with E-state index in [-0.39, 0.29) is 18.3 Å². The predicted octanol–water partition coefficient (Wildman–Crippen LogP) is -0.266. The summed E-state index contributed by atoms with van der Waals surface area (Å²) in [6, 6.07) is 15.1. The van der Waals surface area contributed by atoms with E-state index in [4.69, 9.17) is 0 Å². The van der Waals surface area contributed by atoms with Gasteiger partial charge in [-0.05, 0) is 18.6 Å². The van der Waals surface area contributed by atoms with E-state index in [0.717, 1.165) is 32.7 Å². The molecule has 4 nitrogen and oxygen atoms in total. The highest BCUT2D eigenvalue weighted by Crippen LogP contribution is 2.05. The van der Waals surface area contributed by atoms with Crippen LogP contribution < -0.4 is 15.1 Å². The maximum atomic E-state index is 13.6. The lowest BCUT2D eigenvalue weighted by atomic mass is 10.1. The number of carbonyl (C=O) groups excluding carboxylic acids is 1. The standard InChI is InChI=1S/C21H26FN3O/c1-17-6-2-3-8-19(17)15-24-10-12-25(13-11-24)16-21(26)23-14-18-7-4-5-9-20(18)22/h2-9H,10-16H2,1H3,(H,23,26)/p+2. The number of piperazine rings is 1. The number of carbonyl (C=O) groups is 1. The van der Waals surface area contributed by atoms with Gasteiger partial charge in [0.25, 0.3) is 5.91 Å². The molecule has 0 aliphatic carbocycles. The van der Waals surface area contributed by atoms with Gasteiger partial charge >= 0.3 is 0 Å². The molecule has 0 aromatic heterocycles. The summed E-state index contributed by atoms with van der Waals surface area (Å²) in [7, 11) is 0. The first-order chi connectivity index (χ1) is 12.6. The van der Waals surface area contributed by atoms with Gasteiger partial charge < -0.3 is 15.1 Å². The number of halogens is 1. The fraction of sp³-hybridized carbons (Fsp3) is 0.381. The van der Waals surface area contributed by atoms with Gasteiger partial charge in [0.15, 0.2) is 6.54 Å². The average Bonchev–Trinajstić information content (AvgIpc) is 2.64. The van der Waals surface area contributed by atoms with E-state index in [1.165, 1.54) is 22.1 Å². The Balaban J connectivity index is 1.40. The Kier molecular flexibility index (Phi) is 6.36. The number of rotatable bonds is 6. The Morgan fingerprint density at radius 2 is 1.58 bits per heavy atom. The minimum Gasteiger partial charge on any atom is -0.347 e. The summed E-state index contributed by atoms with van der Waals surface area (Å²) in [5.41, 5.74) is 3.29. The maximum absolute atomic E-state index is 13.6. The first-order valence-corrected chi connectivity index (χ1v) is 9.33. The van der Waals surface area contributed by atoms with Crippen molar-refractivity contribution < 1.29 is 19.0 Å². The molecule has 0 spiro atoms. The lowest BCUT2D eigenvalue weighted by molar-refractivity contribution is -1.02. The highest BCUT2D eigenvalue weighted by Gasteiger charge is 2.25. The van der Waals surface area contributed by atoms with E-state index in [2.05, 4.69) is 36.5 Å². The summed E-state index contributed by atoms with van der Waals surface area (Å²) < 4.78 is 13.6. The van der Waals surface area contributed by atoms with Crippen molar-refractivity contribution in [3.63, 3.8) is 0 Å². The van der Waals surface area contributed by atoms with Gasteiger partial charge in [-0.3, -0.25) is 4.79 Å². The van der Waals surface area contributed by atoms with Crippen LogP contribution in [0.25, 0.3) is 0 Å². The smallest absolute Gasteiger partial charge is 0.275 e. The molecule has 2 aromatic rings. The van der Waals surface area contributed by atoms with E-state index < -0.39 is 0 Å². The number of nitrogens with one attached hydrogen (secondary N) is 3. The van der Waals surface area contributed by atoms with Crippen LogP contribution in [0.2, 0.25) is 0 Å². The molecule has 1 amide bonds. The topological polar surface area (TPSA) is 38.0 Å². The van der Waals surface area contributed by atoms with Gasteiger partial charge in [-0.1, -0.05) is 42.5 Å². The largest absolute Gasteiger partial charge is 0.347 e. The Morgan fingerprint density at radius 3 is 2.27 bits per heavy atom. The van der Waals surface area contributed by atoms with Gasteiger partial charge in [-0.2, -0.15) is 0 Å². The molecular weight excluding hydrogens is 329 g/mol. The minimum absolute atomic E-state index is 0.00870. The zero-order valence-electron chi connectivity index (χ0n) is 15.4.